The van der Waals surface area contributed by atoms with Crippen molar-refractivity contribution < 1.29 is 0 Å². The molecule has 6 rings (SSSR count). The predicted molar refractivity (Wildman–Crippen MR) is 110 cm³/mol. The Hall–Kier alpha value is -2.78. The van der Waals surface area contributed by atoms with Gasteiger partial charge in [-0.15, -0.1) is 11.3 Å². The van der Waals surface area contributed by atoms with Gasteiger partial charge in [-0.25, -0.2) is 0 Å². The Balaban J connectivity index is 1.84. The van der Waals surface area contributed by atoms with Crippen LogP contribution in [0.1, 0.15) is 25.0 Å². The Labute approximate surface area is 155 Å². The minimum Gasteiger partial charge on any atom is -0.256 e. The van der Waals surface area contributed by atoms with Gasteiger partial charge in [0.2, 0.25) is 0 Å². The minimum atomic E-state index is -0.0453. The normalized spacial score (nSPS) is 14.8. The number of aromatic nitrogens is 2. The SMILES string of the molecule is CC1(C)c2cccnc2-c2ccc3sc4c5cccnc5ccc4c3c21. The van der Waals surface area contributed by atoms with Gasteiger partial charge in [-0.2, -0.15) is 0 Å². The fourth-order valence-corrected chi connectivity index (χ4v) is 5.82. The van der Waals surface area contributed by atoms with E-state index in [2.05, 4.69) is 61.3 Å². The number of hydrogen-bond donors (Lipinski definition) is 0. The zero-order valence-electron chi connectivity index (χ0n) is 14.6. The molecule has 3 heterocycles. The summed E-state index contributed by atoms with van der Waals surface area (Å²) >= 11 is 1.88. The molecule has 0 atom stereocenters. The van der Waals surface area contributed by atoms with Crippen molar-refractivity contribution in [3.05, 3.63) is 72.1 Å². The summed E-state index contributed by atoms with van der Waals surface area (Å²) in [6.45, 7) is 4.65. The summed E-state index contributed by atoms with van der Waals surface area (Å²) < 4.78 is 2.68. The first-order chi connectivity index (χ1) is 12.7. The van der Waals surface area contributed by atoms with E-state index in [1.165, 1.54) is 42.2 Å². The maximum atomic E-state index is 4.71. The Morgan fingerprint density at radius 3 is 2.62 bits per heavy atom. The molecule has 0 N–H and O–H groups in total. The van der Waals surface area contributed by atoms with E-state index in [4.69, 9.17) is 4.98 Å². The molecule has 0 amide bonds. The molecule has 0 radical (unpaired) electrons. The van der Waals surface area contributed by atoms with Crippen molar-refractivity contribution in [1.82, 2.24) is 9.97 Å². The van der Waals surface area contributed by atoms with E-state index in [1.54, 1.807) is 0 Å². The minimum absolute atomic E-state index is 0.0453. The van der Waals surface area contributed by atoms with Crippen LogP contribution < -0.4 is 0 Å². The van der Waals surface area contributed by atoms with Gasteiger partial charge >= 0.3 is 0 Å². The number of rotatable bonds is 0. The molecule has 0 unspecified atom stereocenters. The molecule has 0 saturated carbocycles. The molecule has 2 nitrogen and oxygen atoms in total. The number of pyridine rings is 2. The smallest absolute Gasteiger partial charge is 0.0746 e. The number of benzene rings is 2. The van der Waals surface area contributed by atoms with Gasteiger partial charge in [0.05, 0.1) is 11.2 Å². The second-order valence-electron chi connectivity index (χ2n) is 7.50. The van der Waals surface area contributed by atoms with Crippen molar-refractivity contribution in [3.8, 4) is 11.3 Å². The van der Waals surface area contributed by atoms with E-state index in [1.807, 2.05) is 29.8 Å². The lowest BCUT2D eigenvalue weighted by atomic mass is 9.80. The Morgan fingerprint density at radius 1 is 0.846 bits per heavy atom. The van der Waals surface area contributed by atoms with E-state index in [9.17, 15) is 0 Å². The highest BCUT2D eigenvalue weighted by Gasteiger charge is 2.38. The zero-order valence-corrected chi connectivity index (χ0v) is 15.4. The van der Waals surface area contributed by atoms with Crippen LogP contribution in [-0.4, -0.2) is 9.97 Å². The molecule has 3 aromatic heterocycles. The third-order valence-corrected chi connectivity index (χ3v) is 6.95. The van der Waals surface area contributed by atoms with Gasteiger partial charge in [0.15, 0.2) is 0 Å². The van der Waals surface area contributed by atoms with Crippen molar-refractivity contribution in [3.63, 3.8) is 0 Å². The molecule has 1 aliphatic rings. The molecule has 1 aliphatic carbocycles. The highest BCUT2D eigenvalue weighted by Crippen LogP contribution is 2.53. The molecule has 0 aliphatic heterocycles. The van der Waals surface area contributed by atoms with Crippen molar-refractivity contribution in [1.29, 1.82) is 0 Å². The average Bonchev–Trinajstić information content (AvgIpc) is 3.16. The summed E-state index contributed by atoms with van der Waals surface area (Å²) in [5.74, 6) is 0. The molecule has 5 aromatic rings. The van der Waals surface area contributed by atoms with Crippen LogP contribution in [0, 0.1) is 0 Å². The van der Waals surface area contributed by atoms with Crippen LogP contribution in [0.4, 0.5) is 0 Å². The third-order valence-electron chi connectivity index (χ3n) is 5.75. The van der Waals surface area contributed by atoms with Gasteiger partial charge in [0.1, 0.15) is 0 Å². The number of thiophene rings is 1. The molecule has 0 fully saturated rings. The summed E-state index contributed by atoms with van der Waals surface area (Å²) in [5.41, 5.74) is 6.17. The lowest BCUT2D eigenvalue weighted by Crippen LogP contribution is -2.15. The van der Waals surface area contributed by atoms with Crippen LogP contribution in [0.5, 0.6) is 0 Å². The second-order valence-corrected chi connectivity index (χ2v) is 8.55. The Morgan fingerprint density at radius 2 is 1.69 bits per heavy atom. The van der Waals surface area contributed by atoms with Gasteiger partial charge in [-0.1, -0.05) is 32.0 Å². The Bertz CT molecular complexity index is 1360. The summed E-state index contributed by atoms with van der Waals surface area (Å²) in [7, 11) is 0. The first kappa shape index (κ1) is 14.4. The predicted octanol–water partition coefficient (Wildman–Crippen LogP) is 6.30. The van der Waals surface area contributed by atoms with Crippen LogP contribution in [0.2, 0.25) is 0 Å². The van der Waals surface area contributed by atoms with E-state index in [0.717, 1.165) is 11.2 Å². The van der Waals surface area contributed by atoms with Crippen LogP contribution >= 0.6 is 11.3 Å². The topological polar surface area (TPSA) is 25.8 Å². The van der Waals surface area contributed by atoms with Gasteiger partial charge in [0.25, 0.3) is 0 Å². The second kappa shape index (κ2) is 4.68. The van der Waals surface area contributed by atoms with Crippen LogP contribution in [0.15, 0.2) is 60.9 Å². The van der Waals surface area contributed by atoms with Crippen molar-refractivity contribution >= 4 is 42.4 Å². The van der Waals surface area contributed by atoms with E-state index >= 15 is 0 Å². The third kappa shape index (κ3) is 1.62. The van der Waals surface area contributed by atoms with Gasteiger partial charge in [-0.3, -0.25) is 9.97 Å². The maximum absolute atomic E-state index is 4.71. The summed E-state index contributed by atoms with van der Waals surface area (Å²) in [4.78, 5) is 9.24. The molecule has 0 saturated heterocycles. The van der Waals surface area contributed by atoms with Crippen molar-refractivity contribution in [2.75, 3.05) is 0 Å². The first-order valence-electron chi connectivity index (χ1n) is 8.85. The summed E-state index contributed by atoms with van der Waals surface area (Å²) in [6.07, 6.45) is 3.77. The van der Waals surface area contributed by atoms with Crippen molar-refractivity contribution in [2.45, 2.75) is 19.3 Å². The lowest BCUT2D eigenvalue weighted by molar-refractivity contribution is 0.665. The highest BCUT2D eigenvalue weighted by molar-refractivity contribution is 7.26. The number of fused-ring (bicyclic) bond motifs is 9. The quantitative estimate of drug-likeness (QED) is 0.327. The van der Waals surface area contributed by atoms with Crippen LogP contribution in [0.3, 0.4) is 0 Å². The summed E-state index contributed by atoms with van der Waals surface area (Å²) in [6, 6.07) is 17.4. The van der Waals surface area contributed by atoms with Crippen molar-refractivity contribution in [2.24, 2.45) is 0 Å². The summed E-state index contributed by atoms with van der Waals surface area (Å²) in [5, 5.41) is 3.96. The van der Waals surface area contributed by atoms with Gasteiger partial charge in [0, 0.05) is 48.9 Å². The fourth-order valence-electron chi connectivity index (χ4n) is 4.58. The largest absolute Gasteiger partial charge is 0.256 e. The Kier molecular flexibility index (Phi) is 2.59. The number of hydrogen-bond acceptors (Lipinski definition) is 3. The van der Waals surface area contributed by atoms with E-state index < -0.39 is 0 Å². The lowest BCUT2D eigenvalue weighted by Gasteiger charge is -2.22. The molecule has 2 aromatic carbocycles. The highest BCUT2D eigenvalue weighted by atomic mass is 32.1. The van der Waals surface area contributed by atoms with Crippen LogP contribution in [-0.2, 0) is 5.41 Å². The van der Waals surface area contributed by atoms with E-state index in [-0.39, 0.29) is 5.41 Å². The molecule has 0 spiro atoms. The average molecular weight is 352 g/mol. The van der Waals surface area contributed by atoms with Crippen LogP contribution in [0.25, 0.3) is 42.3 Å². The first-order valence-corrected chi connectivity index (χ1v) is 9.67. The fraction of sp³-hybridized carbons (Fsp3) is 0.130. The molecule has 0 bridgehead atoms. The molecular weight excluding hydrogens is 336 g/mol. The van der Waals surface area contributed by atoms with Gasteiger partial charge < -0.3 is 0 Å². The van der Waals surface area contributed by atoms with E-state index in [0.29, 0.717) is 0 Å². The standard InChI is InChI=1S/C23H16N2S/c1-23(2)16-6-4-12-25-21(16)15-8-10-18-19(20(15)23)14-7-9-17-13(22(14)26-18)5-3-11-24-17/h3-12H,1-2H3. The van der Waals surface area contributed by atoms with Gasteiger partial charge in [-0.05, 0) is 41.5 Å². The molecule has 26 heavy (non-hydrogen) atoms. The number of nitrogens with zero attached hydrogens (tertiary/aromatic N) is 2. The zero-order chi connectivity index (χ0) is 17.5. The molecule has 3 heteroatoms. The molecular formula is C23H16N2S. The molecule has 124 valence electrons. The monoisotopic (exact) mass is 352 g/mol. The maximum Gasteiger partial charge on any atom is 0.0746 e.